The molecule has 100 valence electrons. The summed E-state index contributed by atoms with van der Waals surface area (Å²) in [5, 5.41) is 3.08. The van der Waals surface area contributed by atoms with E-state index in [4.69, 9.17) is 0 Å². The van der Waals surface area contributed by atoms with Gasteiger partial charge in [-0.3, -0.25) is 0 Å². The minimum atomic E-state index is -2.81. The zero-order chi connectivity index (χ0) is 13.8. The van der Waals surface area contributed by atoms with E-state index < -0.39 is 6.61 Å². The van der Waals surface area contributed by atoms with Crippen molar-refractivity contribution in [2.24, 2.45) is 0 Å². The molecule has 6 heteroatoms. The number of pyridine rings is 1. The lowest BCUT2D eigenvalue weighted by Gasteiger charge is -2.08. The van der Waals surface area contributed by atoms with Crippen LogP contribution in [-0.4, -0.2) is 11.6 Å². The Bertz CT molecular complexity index is 561. The number of hydrogen-bond donors (Lipinski definition) is 1. The molecule has 0 aliphatic rings. The highest BCUT2D eigenvalue weighted by atomic mass is 79.9. The number of benzene rings is 1. The van der Waals surface area contributed by atoms with Gasteiger partial charge in [0.2, 0.25) is 0 Å². The van der Waals surface area contributed by atoms with E-state index in [1.54, 1.807) is 18.3 Å². The average Bonchev–Trinajstić information content (AvgIpc) is 2.36. The van der Waals surface area contributed by atoms with Crippen molar-refractivity contribution in [3.8, 4) is 5.75 Å². The van der Waals surface area contributed by atoms with Crippen LogP contribution in [0, 0.1) is 6.92 Å². The van der Waals surface area contributed by atoms with Crippen LogP contribution in [0.3, 0.4) is 0 Å². The van der Waals surface area contributed by atoms with Crippen LogP contribution in [0.1, 0.15) is 5.56 Å². The number of nitrogens with one attached hydrogen (secondary N) is 1. The molecule has 0 aliphatic heterocycles. The van der Waals surface area contributed by atoms with Crippen LogP contribution < -0.4 is 10.1 Å². The Morgan fingerprint density at radius 3 is 2.53 bits per heavy atom. The molecule has 1 heterocycles. The summed E-state index contributed by atoms with van der Waals surface area (Å²) in [6, 6.07) is 8.13. The van der Waals surface area contributed by atoms with Crippen LogP contribution in [0.5, 0.6) is 5.75 Å². The Morgan fingerprint density at radius 2 is 1.95 bits per heavy atom. The number of anilines is 2. The van der Waals surface area contributed by atoms with E-state index in [9.17, 15) is 8.78 Å². The fourth-order valence-corrected chi connectivity index (χ4v) is 1.69. The van der Waals surface area contributed by atoms with Gasteiger partial charge in [0.1, 0.15) is 11.6 Å². The lowest BCUT2D eigenvalue weighted by atomic mass is 10.2. The van der Waals surface area contributed by atoms with Crippen LogP contribution >= 0.6 is 15.9 Å². The molecule has 0 spiro atoms. The van der Waals surface area contributed by atoms with Gasteiger partial charge in [-0.1, -0.05) is 0 Å². The monoisotopic (exact) mass is 328 g/mol. The topological polar surface area (TPSA) is 34.1 Å². The molecule has 1 aromatic heterocycles. The van der Waals surface area contributed by atoms with Gasteiger partial charge in [-0.25, -0.2) is 4.98 Å². The highest BCUT2D eigenvalue weighted by molar-refractivity contribution is 9.10. The fourth-order valence-electron chi connectivity index (χ4n) is 1.48. The molecular formula is C13H11BrF2N2O. The van der Waals surface area contributed by atoms with Gasteiger partial charge in [0.15, 0.2) is 0 Å². The molecule has 3 nitrogen and oxygen atoms in total. The van der Waals surface area contributed by atoms with Crippen LogP contribution in [0.15, 0.2) is 41.0 Å². The second-order valence-corrected chi connectivity index (χ2v) is 4.70. The summed E-state index contributed by atoms with van der Waals surface area (Å²) < 4.78 is 29.2. The number of nitrogens with zero attached hydrogens (tertiary/aromatic N) is 1. The van der Waals surface area contributed by atoms with Gasteiger partial charge in [-0.15, -0.1) is 0 Å². The first kappa shape index (κ1) is 13.7. The number of rotatable bonds is 4. The van der Waals surface area contributed by atoms with Crippen LogP contribution in [-0.2, 0) is 0 Å². The van der Waals surface area contributed by atoms with Crippen molar-refractivity contribution in [2.45, 2.75) is 13.5 Å². The Hall–Kier alpha value is -1.69. The molecule has 0 atom stereocenters. The summed E-state index contributed by atoms with van der Waals surface area (Å²) in [4.78, 5) is 4.20. The predicted octanol–water partition coefficient (Wildman–Crippen LogP) is 4.50. The van der Waals surface area contributed by atoms with Gasteiger partial charge < -0.3 is 10.1 Å². The lowest BCUT2D eigenvalue weighted by Crippen LogP contribution is -2.01. The number of aryl methyl sites for hydroxylation is 1. The number of aromatic nitrogens is 1. The molecule has 0 bridgehead atoms. The molecule has 0 saturated heterocycles. The molecule has 0 saturated carbocycles. The third-order valence-corrected chi connectivity index (χ3v) is 3.23. The van der Waals surface area contributed by atoms with E-state index in [2.05, 4.69) is 31.0 Å². The molecule has 1 aromatic carbocycles. The molecule has 0 radical (unpaired) electrons. The van der Waals surface area contributed by atoms with E-state index in [1.165, 1.54) is 12.1 Å². The van der Waals surface area contributed by atoms with Gasteiger partial charge in [-0.05, 0) is 58.7 Å². The zero-order valence-electron chi connectivity index (χ0n) is 10.0. The maximum absolute atomic E-state index is 12.0. The number of halogens is 3. The third kappa shape index (κ3) is 3.89. The first-order chi connectivity index (χ1) is 9.04. The van der Waals surface area contributed by atoms with E-state index >= 15 is 0 Å². The second kappa shape index (κ2) is 5.97. The zero-order valence-corrected chi connectivity index (χ0v) is 11.6. The molecule has 1 N–H and O–H groups in total. The molecule has 0 fully saturated rings. The maximum atomic E-state index is 12.0. The average molecular weight is 329 g/mol. The van der Waals surface area contributed by atoms with Crippen molar-refractivity contribution in [1.29, 1.82) is 0 Å². The minimum absolute atomic E-state index is 0.125. The summed E-state index contributed by atoms with van der Waals surface area (Å²) in [6.45, 7) is -0.856. The molecular weight excluding hydrogens is 318 g/mol. The smallest absolute Gasteiger partial charge is 0.387 e. The van der Waals surface area contributed by atoms with Crippen molar-refractivity contribution < 1.29 is 13.5 Å². The number of hydrogen-bond acceptors (Lipinski definition) is 3. The Labute approximate surface area is 117 Å². The molecule has 19 heavy (non-hydrogen) atoms. The summed E-state index contributed by atoms with van der Waals surface area (Å²) in [5.41, 5.74) is 1.80. The molecule has 0 unspecified atom stereocenters. The Balaban J connectivity index is 2.08. The van der Waals surface area contributed by atoms with Gasteiger partial charge in [0, 0.05) is 16.4 Å². The van der Waals surface area contributed by atoms with Crippen molar-refractivity contribution in [3.63, 3.8) is 0 Å². The lowest BCUT2D eigenvalue weighted by molar-refractivity contribution is -0.0498. The quantitative estimate of drug-likeness (QED) is 0.897. The first-order valence-corrected chi connectivity index (χ1v) is 6.28. The van der Waals surface area contributed by atoms with E-state index in [1.807, 2.05) is 13.0 Å². The molecule has 0 aliphatic carbocycles. The normalized spacial score (nSPS) is 10.6. The maximum Gasteiger partial charge on any atom is 0.387 e. The minimum Gasteiger partial charge on any atom is -0.435 e. The highest BCUT2D eigenvalue weighted by Gasteiger charge is 2.04. The molecule has 2 rings (SSSR count). The summed E-state index contributed by atoms with van der Waals surface area (Å²) in [5.74, 6) is 0.809. The summed E-state index contributed by atoms with van der Waals surface area (Å²) in [7, 11) is 0. The van der Waals surface area contributed by atoms with Gasteiger partial charge in [-0.2, -0.15) is 8.78 Å². The SMILES string of the molecule is Cc1cc(Nc2ccc(OC(F)F)cc2)ncc1Br. The van der Waals surface area contributed by atoms with Gasteiger partial charge in [0.25, 0.3) is 0 Å². The van der Waals surface area contributed by atoms with Crippen molar-refractivity contribution in [2.75, 3.05) is 5.32 Å². The second-order valence-electron chi connectivity index (χ2n) is 3.85. The van der Waals surface area contributed by atoms with Crippen molar-refractivity contribution in [3.05, 3.63) is 46.6 Å². The van der Waals surface area contributed by atoms with E-state index in [0.29, 0.717) is 5.82 Å². The highest BCUT2D eigenvalue weighted by Crippen LogP contribution is 2.22. The number of alkyl halides is 2. The third-order valence-electron chi connectivity index (χ3n) is 2.40. The number of ether oxygens (including phenoxy) is 1. The Morgan fingerprint density at radius 1 is 1.26 bits per heavy atom. The van der Waals surface area contributed by atoms with Crippen LogP contribution in [0.25, 0.3) is 0 Å². The summed E-state index contributed by atoms with van der Waals surface area (Å²) >= 11 is 3.37. The molecule has 0 amide bonds. The largest absolute Gasteiger partial charge is 0.435 e. The Kier molecular flexibility index (Phi) is 4.31. The van der Waals surface area contributed by atoms with Gasteiger partial charge >= 0.3 is 6.61 Å². The van der Waals surface area contributed by atoms with Crippen molar-refractivity contribution >= 4 is 27.4 Å². The predicted molar refractivity (Wildman–Crippen MR) is 73.0 cm³/mol. The standard InChI is InChI=1S/C13H11BrF2N2O/c1-8-6-12(17-7-11(8)14)18-9-2-4-10(5-3-9)19-13(15)16/h2-7,13H,1H3,(H,17,18). The van der Waals surface area contributed by atoms with E-state index in [-0.39, 0.29) is 5.75 Å². The van der Waals surface area contributed by atoms with Gasteiger partial charge in [0.05, 0.1) is 0 Å². The molecule has 2 aromatic rings. The van der Waals surface area contributed by atoms with Crippen molar-refractivity contribution in [1.82, 2.24) is 4.98 Å². The summed E-state index contributed by atoms with van der Waals surface area (Å²) in [6.07, 6.45) is 1.70. The van der Waals surface area contributed by atoms with Crippen LogP contribution in [0.4, 0.5) is 20.3 Å². The fraction of sp³-hybridized carbons (Fsp3) is 0.154. The van der Waals surface area contributed by atoms with Crippen LogP contribution in [0.2, 0.25) is 0 Å². The first-order valence-electron chi connectivity index (χ1n) is 5.48. The van der Waals surface area contributed by atoms with E-state index in [0.717, 1.165) is 15.7 Å².